The van der Waals surface area contributed by atoms with Gasteiger partial charge in [0.2, 0.25) is 5.91 Å². The van der Waals surface area contributed by atoms with Gasteiger partial charge in [0.1, 0.15) is 11.5 Å². The third-order valence-corrected chi connectivity index (χ3v) is 4.02. The molecule has 0 saturated heterocycles. The minimum atomic E-state index is -0.357. The molecule has 2 amide bonds. The van der Waals surface area contributed by atoms with Crippen LogP contribution in [0.25, 0.3) is 0 Å². The number of hydrogen-bond donors (Lipinski definition) is 2. The third-order valence-electron chi connectivity index (χ3n) is 3.73. The minimum Gasteiger partial charge on any atom is -0.495 e. The van der Waals surface area contributed by atoms with Gasteiger partial charge in [-0.1, -0.05) is 24.9 Å². The lowest BCUT2D eigenvalue weighted by molar-refractivity contribution is -0.115. The second-order valence-electron chi connectivity index (χ2n) is 5.81. The molecule has 0 aliphatic carbocycles. The van der Waals surface area contributed by atoms with Crippen molar-refractivity contribution in [2.75, 3.05) is 25.6 Å². The van der Waals surface area contributed by atoms with Crippen molar-refractivity contribution >= 4 is 29.1 Å². The van der Waals surface area contributed by atoms with Gasteiger partial charge < -0.3 is 20.1 Å². The van der Waals surface area contributed by atoms with E-state index < -0.39 is 0 Å². The van der Waals surface area contributed by atoms with Crippen LogP contribution in [0.4, 0.5) is 5.69 Å². The summed E-state index contributed by atoms with van der Waals surface area (Å²) in [4.78, 5) is 24.1. The van der Waals surface area contributed by atoms with Crippen LogP contribution in [0.2, 0.25) is 5.02 Å². The average Bonchev–Trinajstić information content (AvgIpc) is 2.67. The van der Waals surface area contributed by atoms with Crippen molar-refractivity contribution in [1.82, 2.24) is 5.32 Å². The Morgan fingerprint density at radius 2 is 1.85 bits per heavy atom. The van der Waals surface area contributed by atoms with Crippen molar-refractivity contribution in [2.24, 2.45) is 0 Å². The second-order valence-corrected chi connectivity index (χ2v) is 6.21. The fourth-order valence-electron chi connectivity index (χ4n) is 2.25. The first-order valence-electron chi connectivity index (χ1n) is 8.68. The predicted octanol–water partition coefficient (Wildman–Crippen LogP) is 3.90. The van der Waals surface area contributed by atoms with Crippen LogP contribution in [0.3, 0.4) is 0 Å². The highest BCUT2D eigenvalue weighted by Gasteiger charge is 2.10. The molecule has 27 heavy (non-hydrogen) atoms. The van der Waals surface area contributed by atoms with E-state index in [1.807, 2.05) is 0 Å². The van der Waals surface area contributed by atoms with E-state index in [-0.39, 0.29) is 18.4 Å². The lowest BCUT2D eigenvalue weighted by Crippen LogP contribution is -2.32. The van der Waals surface area contributed by atoms with E-state index in [1.165, 1.54) is 7.11 Å². The zero-order valence-corrected chi connectivity index (χ0v) is 16.1. The second kappa shape index (κ2) is 10.4. The van der Waals surface area contributed by atoms with Crippen molar-refractivity contribution in [3.63, 3.8) is 0 Å². The molecule has 0 aliphatic rings. The first-order chi connectivity index (χ1) is 13.0. The first-order valence-corrected chi connectivity index (χ1v) is 9.05. The molecule has 6 nitrogen and oxygen atoms in total. The molecule has 0 aliphatic heterocycles. The molecule has 0 heterocycles. The number of nitrogens with one attached hydrogen (secondary N) is 2. The molecule has 144 valence electrons. The maximum Gasteiger partial charge on any atom is 0.251 e. The lowest BCUT2D eigenvalue weighted by atomic mass is 10.2. The van der Waals surface area contributed by atoms with E-state index in [9.17, 15) is 9.59 Å². The number of amides is 2. The van der Waals surface area contributed by atoms with E-state index >= 15 is 0 Å². The standard InChI is InChI=1S/C20H23ClN2O4/c1-3-4-11-27-16-8-5-14(6-9-16)20(25)22-13-19(24)23-15-7-10-18(26-2)17(21)12-15/h5-10,12H,3-4,11,13H2,1-2H3,(H,22,25)(H,23,24). The number of unbranched alkanes of at least 4 members (excludes halogenated alkanes) is 1. The number of carbonyl (C=O) groups excluding carboxylic acids is 2. The Morgan fingerprint density at radius 1 is 1.11 bits per heavy atom. The summed E-state index contributed by atoms with van der Waals surface area (Å²) in [7, 11) is 1.51. The highest BCUT2D eigenvalue weighted by Crippen LogP contribution is 2.27. The number of ether oxygens (including phenoxy) is 2. The molecule has 0 radical (unpaired) electrons. The Balaban J connectivity index is 1.82. The number of anilines is 1. The largest absolute Gasteiger partial charge is 0.495 e. The van der Waals surface area contributed by atoms with Gasteiger partial charge in [0.05, 0.1) is 25.3 Å². The molecule has 0 spiro atoms. The molecule has 0 fully saturated rings. The van der Waals surface area contributed by atoms with Crippen LogP contribution in [0, 0.1) is 0 Å². The number of carbonyl (C=O) groups is 2. The van der Waals surface area contributed by atoms with Crippen LogP contribution in [-0.4, -0.2) is 32.1 Å². The molecule has 2 aromatic carbocycles. The normalized spacial score (nSPS) is 10.2. The molecular weight excluding hydrogens is 368 g/mol. The van der Waals surface area contributed by atoms with Gasteiger partial charge in [0, 0.05) is 11.3 Å². The molecule has 7 heteroatoms. The van der Waals surface area contributed by atoms with Gasteiger partial charge in [0.25, 0.3) is 5.91 Å². The van der Waals surface area contributed by atoms with E-state index in [0.717, 1.165) is 12.8 Å². The summed E-state index contributed by atoms with van der Waals surface area (Å²) in [5.74, 6) is 0.543. The number of methoxy groups -OCH3 is 1. The Kier molecular flexibility index (Phi) is 7.95. The van der Waals surface area contributed by atoms with E-state index in [0.29, 0.717) is 34.4 Å². The SMILES string of the molecule is CCCCOc1ccc(C(=O)NCC(=O)Nc2ccc(OC)c(Cl)c2)cc1. The fourth-order valence-corrected chi connectivity index (χ4v) is 2.51. The summed E-state index contributed by atoms with van der Waals surface area (Å²) < 4.78 is 10.6. The summed E-state index contributed by atoms with van der Waals surface area (Å²) in [5.41, 5.74) is 0.978. The Morgan fingerprint density at radius 3 is 2.48 bits per heavy atom. The Labute approximate surface area is 163 Å². The highest BCUT2D eigenvalue weighted by molar-refractivity contribution is 6.32. The van der Waals surface area contributed by atoms with E-state index in [2.05, 4.69) is 17.6 Å². The van der Waals surface area contributed by atoms with Gasteiger partial charge in [-0.05, 0) is 48.9 Å². The number of halogens is 1. The molecule has 2 N–H and O–H groups in total. The van der Waals surface area contributed by atoms with Gasteiger partial charge in [0.15, 0.2) is 0 Å². The van der Waals surface area contributed by atoms with Crippen LogP contribution >= 0.6 is 11.6 Å². The van der Waals surface area contributed by atoms with Gasteiger partial charge in [-0.25, -0.2) is 0 Å². The van der Waals surface area contributed by atoms with Crippen molar-refractivity contribution in [3.8, 4) is 11.5 Å². The number of benzene rings is 2. The maximum atomic E-state index is 12.1. The fraction of sp³-hybridized carbons (Fsp3) is 0.300. The molecule has 0 atom stereocenters. The molecule has 0 bridgehead atoms. The summed E-state index contributed by atoms with van der Waals surface area (Å²) in [5, 5.41) is 5.63. The van der Waals surface area contributed by atoms with Gasteiger partial charge >= 0.3 is 0 Å². The van der Waals surface area contributed by atoms with Crippen LogP contribution < -0.4 is 20.1 Å². The molecule has 0 saturated carbocycles. The van der Waals surface area contributed by atoms with Crippen molar-refractivity contribution in [1.29, 1.82) is 0 Å². The van der Waals surface area contributed by atoms with Crippen molar-refractivity contribution in [2.45, 2.75) is 19.8 Å². The summed E-state index contributed by atoms with van der Waals surface area (Å²) in [6, 6.07) is 11.7. The monoisotopic (exact) mass is 390 g/mol. The zero-order chi connectivity index (χ0) is 19.6. The van der Waals surface area contributed by atoms with Gasteiger partial charge in [-0.15, -0.1) is 0 Å². The van der Waals surface area contributed by atoms with Crippen molar-refractivity contribution < 1.29 is 19.1 Å². The Hall–Kier alpha value is -2.73. The third kappa shape index (κ3) is 6.49. The zero-order valence-electron chi connectivity index (χ0n) is 15.4. The molecule has 2 rings (SSSR count). The molecule has 2 aromatic rings. The summed E-state index contributed by atoms with van der Waals surface area (Å²) >= 11 is 6.02. The van der Waals surface area contributed by atoms with Crippen LogP contribution in [0.1, 0.15) is 30.1 Å². The van der Waals surface area contributed by atoms with Crippen LogP contribution in [0.15, 0.2) is 42.5 Å². The molecule has 0 unspecified atom stereocenters. The lowest BCUT2D eigenvalue weighted by Gasteiger charge is -2.09. The summed E-state index contributed by atoms with van der Waals surface area (Å²) in [6.45, 7) is 2.59. The summed E-state index contributed by atoms with van der Waals surface area (Å²) in [6.07, 6.45) is 2.04. The van der Waals surface area contributed by atoms with Gasteiger partial charge in [-0.3, -0.25) is 9.59 Å². The number of rotatable bonds is 9. The van der Waals surface area contributed by atoms with E-state index in [4.69, 9.17) is 21.1 Å². The first kappa shape index (κ1) is 20.6. The Bertz CT molecular complexity index is 778. The highest BCUT2D eigenvalue weighted by atomic mass is 35.5. The predicted molar refractivity (Wildman–Crippen MR) is 106 cm³/mol. The quantitative estimate of drug-likeness (QED) is 0.637. The smallest absolute Gasteiger partial charge is 0.251 e. The molecule has 0 aromatic heterocycles. The number of hydrogen-bond acceptors (Lipinski definition) is 4. The van der Waals surface area contributed by atoms with Gasteiger partial charge in [-0.2, -0.15) is 0 Å². The maximum absolute atomic E-state index is 12.1. The van der Waals surface area contributed by atoms with E-state index in [1.54, 1.807) is 42.5 Å². The minimum absolute atomic E-state index is 0.156. The average molecular weight is 391 g/mol. The van der Waals surface area contributed by atoms with Crippen molar-refractivity contribution in [3.05, 3.63) is 53.1 Å². The topological polar surface area (TPSA) is 76.7 Å². The van der Waals surface area contributed by atoms with Crippen LogP contribution in [-0.2, 0) is 4.79 Å². The molecular formula is C20H23ClN2O4. The van der Waals surface area contributed by atoms with Crippen LogP contribution in [0.5, 0.6) is 11.5 Å².